The fraction of sp³-hybridized carbons (Fsp3) is 0.818. The minimum Gasteiger partial charge on any atom is -0.480 e. The first-order valence-electron chi connectivity index (χ1n) is 5.81. The van der Waals surface area contributed by atoms with Gasteiger partial charge < -0.3 is 10.0 Å². The number of piperazine rings is 1. The van der Waals surface area contributed by atoms with Gasteiger partial charge in [0.1, 0.15) is 0 Å². The van der Waals surface area contributed by atoms with Gasteiger partial charge in [-0.3, -0.25) is 14.5 Å². The molecular formula is C11H18N2O3. The number of hydrogen-bond donors (Lipinski definition) is 1. The largest absolute Gasteiger partial charge is 0.480 e. The number of nitrogens with zero attached hydrogens (tertiary/aromatic N) is 2. The Hall–Kier alpha value is -1.10. The molecule has 2 rings (SSSR count). The van der Waals surface area contributed by atoms with E-state index in [9.17, 15) is 9.59 Å². The van der Waals surface area contributed by atoms with Crippen LogP contribution >= 0.6 is 0 Å². The molecule has 0 aromatic rings. The van der Waals surface area contributed by atoms with Crippen molar-refractivity contribution in [2.45, 2.75) is 13.3 Å². The van der Waals surface area contributed by atoms with Gasteiger partial charge >= 0.3 is 5.97 Å². The van der Waals surface area contributed by atoms with Crippen LogP contribution in [0.15, 0.2) is 0 Å². The maximum Gasteiger partial charge on any atom is 0.317 e. The topological polar surface area (TPSA) is 60.9 Å². The zero-order chi connectivity index (χ0) is 11.7. The van der Waals surface area contributed by atoms with Crippen molar-refractivity contribution in [1.82, 2.24) is 9.80 Å². The van der Waals surface area contributed by atoms with Gasteiger partial charge in [-0.2, -0.15) is 0 Å². The predicted octanol–water partition coefficient (Wildman–Crippen LogP) is -0.129. The summed E-state index contributed by atoms with van der Waals surface area (Å²) in [5.74, 6) is 0.258. The van der Waals surface area contributed by atoms with Crippen LogP contribution in [0.3, 0.4) is 0 Å². The summed E-state index contributed by atoms with van der Waals surface area (Å²) >= 11 is 0. The number of amides is 1. The van der Waals surface area contributed by atoms with Crippen molar-refractivity contribution < 1.29 is 14.7 Å². The maximum absolute atomic E-state index is 11.9. The highest BCUT2D eigenvalue weighted by Crippen LogP contribution is 2.39. The highest BCUT2D eigenvalue weighted by atomic mass is 16.4. The molecule has 5 heteroatoms. The van der Waals surface area contributed by atoms with Gasteiger partial charge in [0.25, 0.3) is 0 Å². The number of carboxylic acid groups (broad SMARTS) is 1. The number of carbonyl (C=O) groups is 2. The second-order valence-electron chi connectivity index (χ2n) is 4.81. The molecule has 1 aliphatic heterocycles. The van der Waals surface area contributed by atoms with E-state index in [0.29, 0.717) is 32.1 Å². The zero-order valence-corrected chi connectivity index (χ0v) is 9.56. The van der Waals surface area contributed by atoms with Gasteiger partial charge in [0, 0.05) is 32.1 Å². The lowest BCUT2D eigenvalue weighted by molar-refractivity contribution is -0.139. The van der Waals surface area contributed by atoms with Crippen LogP contribution in [0, 0.1) is 11.8 Å². The lowest BCUT2D eigenvalue weighted by Gasteiger charge is -2.34. The summed E-state index contributed by atoms with van der Waals surface area (Å²) in [4.78, 5) is 26.2. The molecule has 2 aliphatic rings. The molecule has 0 radical (unpaired) electrons. The highest BCUT2D eigenvalue weighted by Gasteiger charge is 2.41. The Kier molecular flexibility index (Phi) is 3.14. The Morgan fingerprint density at radius 2 is 1.81 bits per heavy atom. The van der Waals surface area contributed by atoms with Gasteiger partial charge in [-0.05, 0) is 12.3 Å². The Morgan fingerprint density at radius 1 is 1.25 bits per heavy atom. The first-order valence-corrected chi connectivity index (χ1v) is 5.81. The third-order valence-corrected chi connectivity index (χ3v) is 3.47. The fourth-order valence-corrected chi connectivity index (χ4v) is 2.22. The molecule has 0 spiro atoms. The van der Waals surface area contributed by atoms with Crippen molar-refractivity contribution in [2.24, 2.45) is 11.8 Å². The molecule has 0 aromatic carbocycles. The first-order chi connectivity index (χ1) is 7.58. The lowest BCUT2D eigenvalue weighted by Crippen LogP contribution is -2.50. The molecule has 1 saturated carbocycles. The average molecular weight is 226 g/mol. The van der Waals surface area contributed by atoms with Crippen molar-refractivity contribution in [1.29, 1.82) is 0 Å². The van der Waals surface area contributed by atoms with Crippen LogP contribution in [0.25, 0.3) is 0 Å². The molecule has 1 saturated heterocycles. The van der Waals surface area contributed by atoms with E-state index in [1.165, 1.54) is 0 Å². The molecule has 5 nitrogen and oxygen atoms in total. The summed E-state index contributed by atoms with van der Waals surface area (Å²) in [5, 5.41) is 8.65. The maximum atomic E-state index is 11.9. The van der Waals surface area contributed by atoms with Gasteiger partial charge in [-0.1, -0.05) is 6.92 Å². The van der Waals surface area contributed by atoms with Crippen LogP contribution in [0.5, 0.6) is 0 Å². The highest BCUT2D eigenvalue weighted by molar-refractivity contribution is 5.81. The predicted molar refractivity (Wildman–Crippen MR) is 57.9 cm³/mol. The van der Waals surface area contributed by atoms with Gasteiger partial charge in [0.2, 0.25) is 5.91 Å². The summed E-state index contributed by atoms with van der Waals surface area (Å²) in [6, 6.07) is 0. The number of hydrogen-bond acceptors (Lipinski definition) is 3. The van der Waals surface area contributed by atoms with Gasteiger partial charge in [-0.25, -0.2) is 0 Å². The van der Waals surface area contributed by atoms with Crippen LogP contribution in [0.2, 0.25) is 0 Å². The molecule has 1 N–H and O–H groups in total. The zero-order valence-electron chi connectivity index (χ0n) is 9.56. The van der Waals surface area contributed by atoms with Crippen molar-refractivity contribution in [2.75, 3.05) is 32.7 Å². The van der Waals surface area contributed by atoms with E-state index >= 15 is 0 Å². The summed E-state index contributed by atoms with van der Waals surface area (Å²) in [7, 11) is 0. The molecule has 1 amide bonds. The van der Waals surface area contributed by atoms with Crippen LogP contribution in [-0.4, -0.2) is 59.5 Å². The van der Waals surface area contributed by atoms with Crippen molar-refractivity contribution >= 4 is 11.9 Å². The van der Waals surface area contributed by atoms with Crippen LogP contribution in [0.4, 0.5) is 0 Å². The number of carbonyl (C=O) groups excluding carboxylic acids is 1. The molecule has 0 bridgehead atoms. The van der Waals surface area contributed by atoms with Crippen LogP contribution in [-0.2, 0) is 9.59 Å². The SMILES string of the molecule is CC1CC1C(=O)N1CCN(CC(=O)O)CC1. The Morgan fingerprint density at radius 3 is 2.25 bits per heavy atom. The van der Waals surface area contributed by atoms with Crippen molar-refractivity contribution in [3.63, 3.8) is 0 Å². The summed E-state index contributed by atoms with van der Waals surface area (Å²) in [6.45, 7) is 4.90. The molecular weight excluding hydrogens is 208 g/mol. The van der Waals surface area contributed by atoms with E-state index in [-0.39, 0.29) is 18.4 Å². The Bertz CT molecular complexity index is 298. The molecule has 2 atom stereocenters. The molecule has 1 aliphatic carbocycles. The minimum atomic E-state index is -0.796. The van der Waals surface area contributed by atoms with E-state index in [1.807, 2.05) is 9.80 Å². The van der Waals surface area contributed by atoms with Gasteiger partial charge in [0.15, 0.2) is 0 Å². The van der Waals surface area contributed by atoms with E-state index in [0.717, 1.165) is 6.42 Å². The minimum absolute atomic E-state index is 0.0852. The van der Waals surface area contributed by atoms with Gasteiger partial charge in [0.05, 0.1) is 6.54 Å². The lowest BCUT2D eigenvalue weighted by atomic mass is 10.2. The average Bonchev–Trinajstić information content (AvgIpc) is 2.95. The van der Waals surface area contributed by atoms with E-state index in [1.54, 1.807) is 0 Å². The van der Waals surface area contributed by atoms with E-state index in [2.05, 4.69) is 6.92 Å². The van der Waals surface area contributed by atoms with E-state index in [4.69, 9.17) is 5.11 Å². The number of aliphatic carboxylic acids is 1. The van der Waals surface area contributed by atoms with Crippen LogP contribution < -0.4 is 0 Å². The third kappa shape index (κ3) is 2.52. The third-order valence-electron chi connectivity index (χ3n) is 3.47. The van der Waals surface area contributed by atoms with Crippen molar-refractivity contribution in [3.05, 3.63) is 0 Å². The van der Waals surface area contributed by atoms with Gasteiger partial charge in [-0.15, -0.1) is 0 Å². The molecule has 0 aromatic heterocycles. The second kappa shape index (κ2) is 4.41. The summed E-state index contributed by atoms with van der Waals surface area (Å²) < 4.78 is 0. The first kappa shape index (κ1) is 11.4. The molecule has 90 valence electrons. The molecule has 2 unspecified atom stereocenters. The molecule has 2 fully saturated rings. The molecule has 16 heavy (non-hydrogen) atoms. The summed E-state index contributed by atoms with van der Waals surface area (Å²) in [6.07, 6.45) is 1.02. The Labute approximate surface area is 95.0 Å². The normalized spacial score (nSPS) is 30.2. The monoisotopic (exact) mass is 226 g/mol. The quantitative estimate of drug-likeness (QED) is 0.728. The summed E-state index contributed by atoms with van der Waals surface area (Å²) in [5.41, 5.74) is 0. The smallest absolute Gasteiger partial charge is 0.317 e. The Balaban J connectivity index is 1.76. The standard InChI is InChI=1S/C11H18N2O3/c1-8-6-9(8)11(16)13-4-2-12(3-5-13)7-10(14)15/h8-9H,2-7H2,1H3,(H,14,15). The molecule has 1 heterocycles. The fourth-order valence-electron chi connectivity index (χ4n) is 2.22. The van der Waals surface area contributed by atoms with E-state index < -0.39 is 5.97 Å². The van der Waals surface area contributed by atoms with Crippen molar-refractivity contribution in [3.8, 4) is 0 Å². The van der Waals surface area contributed by atoms with Crippen LogP contribution in [0.1, 0.15) is 13.3 Å². The number of rotatable bonds is 3. The number of carboxylic acids is 1. The second-order valence-corrected chi connectivity index (χ2v) is 4.81.